The smallest absolute Gasteiger partial charge is 0.251 e. The van der Waals surface area contributed by atoms with Crippen LogP contribution in [-0.2, 0) is 0 Å². The minimum absolute atomic E-state index is 0.0425. The van der Waals surface area contributed by atoms with E-state index in [0.717, 1.165) is 19.0 Å². The van der Waals surface area contributed by atoms with Gasteiger partial charge in [-0.25, -0.2) is 0 Å². The standard InChI is InChI=1S/C13H18N4O/c1-17-10-9-16-13(17)15-8-7-14-12(18)11-5-3-2-4-6-11/h2-6H,7-10H2,1H3,(H,14,18)(H,15,16). The van der Waals surface area contributed by atoms with Gasteiger partial charge in [0.2, 0.25) is 0 Å². The molecule has 1 amide bonds. The highest BCUT2D eigenvalue weighted by Gasteiger charge is 2.11. The zero-order chi connectivity index (χ0) is 12.8. The number of hydrogen-bond acceptors (Lipinski definition) is 4. The zero-order valence-corrected chi connectivity index (χ0v) is 10.5. The summed E-state index contributed by atoms with van der Waals surface area (Å²) in [6.45, 7) is 3.07. The molecule has 0 atom stereocenters. The number of rotatable bonds is 4. The van der Waals surface area contributed by atoms with E-state index in [1.807, 2.05) is 25.2 Å². The van der Waals surface area contributed by atoms with Gasteiger partial charge in [-0.05, 0) is 12.1 Å². The molecule has 18 heavy (non-hydrogen) atoms. The molecule has 2 N–H and O–H groups in total. The second-order valence-electron chi connectivity index (χ2n) is 4.18. The number of benzene rings is 1. The van der Waals surface area contributed by atoms with E-state index < -0.39 is 0 Å². The van der Waals surface area contributed by atoms with Crippen LogP contribution in [0.15, 0.2) is 35.3 Å². The number of guanidine groups is 1. The first-order chi connectivity index (χ1) is 8.77. The summed E-state index contributed by atoms with van der Waals surface area (Å²) < 4.78 is 0. The third-order valence-electron chi connectivity index (χ3n) is 2.79. The summed E-state index contributed by atoms with van der Waals surface area (Å²) >= 11 is 0. The number of hydrogen-bond donors (Lipinski definition) is 2. The van der Waals surface area contributed by atoms with Gasteiger partial charge in [-0.15, -0.1) is 0 Å². The van der Waals surface area contributed by atoms with Gasteiger partial charge in [-0.3, -0.25) is 9.79 Å². The van der Waals surface area contributed by atoms with Gasteiger partial charge in [-0.1, -0.05) is 18.2 Å². The monoisotopic (exact) mass is 246 g/mol. The summed E-state index contributed by atoms with van der Waals surface area (Å²) in [5.41, 5.74) is 0.688. The molecule has 1 aromatic rings. The summed E-state index contributed by atoms with van der Waals surface area (Å²) in [5, 5.41) is 6.06. The first-order valence-electron chi connectivity index (χ1n) is 6.10. The predicted octanol–water partition coefficient (Wildman–Crippen LogP) is 0.307. The highest BCUT2D eigenvalue weighted by molar-refractivity contribution is 5.94. The molecule has 0 spiro atoms. The summed E-state index contributed by atoms with van der Waals surface area (Å²) in [7, 11) is 2.00. The van der Waals surface area contributed by atoms with E-state index in [1.54, 1.807) is 12.1 Å². The average Bonchev–Trinajstić information content (AvgIpc) is 2.81. The molecular weight excluding hydrogens is 228 g/mol. The van der Waals surface area contributed by atoms with Crippen LogP contribution in [0.25, 0.3) is 0 Å². The van der Waals surface area contributed by atoms with Crippen LogP contribution >= 0.6 is 0 Å². The van der Waals surface area contributed by atoms with Gasteiger partial charge in [0.25, 0.3) is 5.91 Å². The van der Waals surface area contributed by atoms with Crippen molar-refractivity contribution in [2.24, 2.45) is 4.99 Å². The molecule has 1 aliphatic rings. The Hall–Kier alpha value is -2.04. The van der Waals surface area contributed by atoms with Gasteiger partial charge in [0.05, 0.1) is 6.54 Å². The minimum Gasteiger partial charge on any atom is -0.354 e. The molecule has 0 bridgehead atoms. The van der Waals surface area contributed by atoms with Crippen LogP contribution < -0.4 is 10.6 Å². The average molecular weight is 246 g/mol. The number of nitrogens with zero attached hydrogens (tertiary/aromatic N) is 2. The lowest BCUT2D eigenvalue weighted by molar-refractivity contribution is 0.0954. The van der Waals surface area contributed by atoms with Crippen LogP contribution in [0.4, 0.5) is 0 Å². The predicted molar refractivity (Wildman–Crippen MR) is 71.7 cm³/mol. The number of carbonyl (C=O) groups excluding carboxylic acids is 1. The highest BCUT2D eigenvalue weighted by atomic mass is 16.1. The Morgan fingerprint density at radius 1 is 1.33 bits per heavy atom. The van der Waals surface area contributed by atoms with E-state index >= 15 is 0 Å². The van der Waals surface area contributed by atoms with E-state index in [-0.39, 0.29) is 5.91 Å². The number of nitrogens with one attached hydrogen (secondary N) is 2. The molecule has 0 saturated carbocycles. The lowest BCUT2D eigenvalue weighted by atomic mass is 10.2. The summed E-state index contributed by atoms with van der Waals surface area (Å²) in [4.78, 5) is 18.1. The van der Waals surface area contributed by atoms with E-state index in [4.69, 9.17) is 0 Å². The second kappa shape index (κ2) is 6.05. The molecular formula is C13H18N4O. The fourth-order valence-corrected chi connectivity index (χ4v) is 1.77. The number of carbonyl (C=O) groups is 1. The molecule has 1 heterocycles. The molecule has 96 valence electrons. The van der Waals surface area contributed by atoms with Gasteiger partial charge < -0.3 is 15.5 Å². The largest absolute Gasteiger partial charge is 0.354 e. The first-order valence-corrected chi connectivity index (χ1v) is 6.10. The highest BCUT2D eigenvalue weighted by Crippen LogP contribution is 1.97. The lowest BCUT2D eigenvalue weighted by Crippen LogP contribution is -2.40. The molecule has 0 saturated heterocycles. The molecule has 0 unspecified atom stereocenters. The third-order valence-corrected chi connectivity index (χ3v) is 2.79. The maximum Gasteiger partial charge on any atom is 0.251 e. The number of likely N-dealkylation sites (N-methyl/N-ethyl adjacent to an activating group) is 1. The van der Waals surface area contributed by atoms with Gasteiger partial charge in [0.15, 0.2) is 5.96 Å². The van der Waals surface area contributed by atoms with Gasteiger partial charge >= 0.3 is 0 Å². The van der Waals surface area contributed by atoms with Crippen LogP contribution in [0.1, 0.15) is 10.4 Å². The molecule has 1 aliphatic heterocycles. The van der Waals surface area contributed by atoms with Crippen molar-refractivity contribution in [3.63, 3.8) is 0 Å². The Bertz CT molecular complexity index is 430. The molecule has 0 aromatic heterocycles. The molecule has 2 rings (SSSR count). The summed E-state index contributed by atoms with van der Waals surface area (Å²) in [6, 6.07) is 9.21. The maximum absolute atomic E-state index is 11.7. The van der Waals surface area contributed by atoms with Crippen molar-refractivity contribution in [1.82, 2.24) is 15.5 Å². The normalized spacial score (nSPS) is 14.3. The topological polar surface area (TPSA) is 56.7 Å². The Balaban J connectivity index is 1.68. The quantitative estimate of drug-likeness (QED) is 0.752. The summed E-state index contributed by atoms with van der Waals surface area (Å²) in [6.07, 6.45) is 0. The minimum atomic E-state index is -0.0425. The van der Waals surface area contributed by atoms with Crippen LogP contribution in [0.5, 0.6) is 0 Å². The fourth-order valence-electron chi connectivity index (χ4n) is 1.77. The van der Waals surface area contributed by atoms with Crippen molar-refractivity contribution in [3.05, 3.63) is 35.9 Å². The van der Waals surface area contributed by atoms with Crippen molar-refractivity contribution < 1.29 is 4.79 Å². The fraction of sp³-hybridized carbons (Fsp3) is 0.385. The van der Waals surface area contributed by atoms with Gasteiger partial charge in [-0.2, -0.15) is 0 Å². The Kier molecular flexibility index (Phi) is 4.17. The van der Waals surface area contributed by atoms with Crippen LogP contribution in [0, 0.1) is 0 Å². The van der Waals surface area contributed by atoms with Crippen molar-refractivity contribution in [2.75, 3.05) is 33.2 Å². The van der Waals surface area contributed by atoms with Crippen molar-refractivity contribution >= 4 is 11.9 Å². The molecule has 0 radical (unpaired) electrons. The van der Waals surface area contributed by atoms with Crippen molar-refractivity contribution in [2.45, 2.75) is 0 Å². The van der Waals surface area contributed by atoms with E-state index in [1.165, 1.54) is 0 Å². The van der Waals surface area contributed by atoms with Crippen LogP contribution in [0.3, 0.4) is 0 Å². The van der Waals surface area contributed by atoms with Crippen molar-refractivity contribution in [3.8, 4) is 0 Å². The Morgan fingerprint density at radius 3 is 2.78 bits per heavy atom. The lowest BCUT2D eigenvalue weighted by Gasteiger charge is -2.15. The van der Waals surface area contributed by atoms with Crippen LogP contribution in [0.2, 0.25) is 0 Å². The second-order valence-corrected chi connectivity index (χ2v) is 4.18. The number of aliphatic imine (C=N–C) groups is 1. The van der Waals surface area contributed by atoms with E-state index in [0.29, 0.717) is 18.7 Å². The third kappa shape index (κ3) is 3.23. The summed E-state index contributed by atoms with van der Waals surface area (Å²) in [5.74, 6) is 0.864. The Morgan fingerprint density at radius 2 is 2.11 bits per heavy atom. The molecule has 0 aliphatic carbocycles. The van der Waals surface area contributed by atoms with Crippen LogP contribution in [-0.4, -0.2) is 50.0 Å². The van der Waals surface area contributed by atoms with Gasteiger partial charge in [0, 0.05) is 32.2 Å². The maximum atomic E-state index is 11.7. The Labute approximate surface area is 107 Å². The van der Waals surface area contributed by atoms with Crippen molar-refractivity contribution in [1.29, 1.82) is 0 Å². The first kappa shape index (κ1) is 12.4. The SMILES string of the molecule is CN1CCN=C1NCCNC(=O)c1ccccc1. The molecule has 5 nitrogen and oxygen atoms in total. The van der Waals surface area contributed by atoms with E-state index in [2.05, 4.69) is 20.5 Å². The molecule has 0 fully saturated rings. The van der Waals surface area contributed by atoms with E-state index in [9.17, 15) is 4.79 Å². The molecule has 1 aromatic carbocycles. The van der Waals surface area contributed by atoms with Gasteiger partial charge in [0.1, 0.15) is 0 Å². The number of amides is 1. The molecule has 5 heteroatoms. The zero-order valence-electron chi connectivity index (χ0n) is 10.5.